The first-order valence-corrected chi connectivity index (χ1v) is 4.80. The van der Waals surface area contributed by atoms with E-state index in [1.165, 1.54) is 18.6 Å². The lowest BCUT2D eigenvalue weighted by Gasteiger charge is -2.07. The van der Waals surface area contributed by atoms with Crippen LogP contribution in [0.4, 0.5) is 18.9 Å². The van der Waals surface area contributed by atoms with Crippen LogP contribution in [0.2, 0.25) is 0 Å². The van der Waals surface area contributed by atoms with E-state index < -0.39 is 17.5 Å². The van der Waals surface area contributed by atoms with Crippen LogP contribution in [-0.4, -0.2) is 9.97 Å². The normalized spacial score (nSPS) is 10.3. The topological polar surface area (TPSA) is 37.8 Å². The summed E-state index contributed by atoms with van der Waals surface area (Å²) in [5, 5.41) is 2.61. The summed E-state index contributed by atoms with van der Waals surface area (Å²) in [6.07, 6.45) is 4.48. The van der Waals surface area contributed by atoms with Crippen LogP contribution >= 0.6 is 0 Å². The number of anilines is 1. The number of rotatable bonds is 3. The summed E-state index contributed by atoms with van der Waals surface area (Å²) in [4.78, 5) is 7.77. The molecule has 6 heteroatoms. The third kappa shape index (κ3) is 2.72. The molecule has 1 N–H and O–H groups in total. The van der Waals surface area contributed by atoms with Crippen LogP contribution < -0.4 is 5.32 Å². The van der Waals surface area contributed by atoms with Crippen molar-refractivity contribution in [3.05, 3.63) is 53.9 Å². The quantitative estimate of drug-likeness (QED) is 0.836. The zero-order valence-electron chi connectivity index (χ0n) is 8.62. The summed E-state index contributed by atoms with van der Waals surface area (Å²) in [6.45, 7) is 0.176. The van der Waals surface area contributed by atoms with Crippen molar-refractivity contribution < 1.29 is 13.2 Å². The van der Waals surface area contributed by atoms with Gasteiger partial charge in [-0.05, 0) is 0 Å². The third-order valence-corrected chi connectivity index (χ3v) is 2.09. The Hall–Kier alpha value is -2.11. The van der Waals surface area contributed by atoms with Gasteiger partial charge in [0.05, 0.1) is 24.1 Å². The number of halogens is 3. The molecule has 2 rings (SSSR count). The first-order valence-electron chi connectivity index (χ1n) is 4.80. The van der Waals surface area contributed by atoms with Gasteiger partial charge in [0.15, 0.2) is 11.6 Å². The standard InChI is InChI=1S/C11H8F3N3/c12-8-3-10(14)11(4-9(8)13)17-6-7-5-15-1-2-16-7/h1-5,17H,6H2. The molecule has 1 aromatic heterocycles. The molecule has 0 aliphatic heterocycles. The third-order valence-electron chi connectivity index (χ3n) is 2.09. The van der Waals surface area contributed by atoms with Gasteiger partial charge in [-0.3, -0.25) is 9.97 Å². The molecule has 0 radical (unpaired) electrons. The molecule has 0 aliphatic rings. The van der Waals surface area contributed by atoms with E-state index in [0.717, 1.165) is 6.07 Å². The van der Waals surface area contributed by atoms with Gasteiger partial charge in [-0.1, -0.05) is 0 Å². The van der Waals surface area contributed by atoms with Gasteiger partial charge in [0.2, 0.25) is 0 Å². The van der Waals surface area contributed by atoms with Gasteiger partial charge < -0.3 is 5.32 Å². The molecule has 0 saturated carbocycles. The first kappa shape index (κ1) is 11.4. The predicted molar refractivity (Wildman–Crippen MR) is 55.7 cm³/mol. The van der Waals surface area contributed by atoms with Gasteiger partial charge in [-0.2, -0.15) is 0 Å². The van der Waals surface area contributed by atoms with E-state index in [9.17, 15) is 13.2 Å². The molecule has 17 heavy (non-hydrogen) atoms. The highest BCUT2D eigenvalue weighted by Crippen LogP contribution is 2.18. The van der Waals surface area contributed by atoms with Crippen LogP contribution in [0.25, 0.3) is 0 Å². The Kier molecular flexibility index (Phi) is 3.22. The molecule has 0 unspecified atom stereocenters. The summed E-state index contributed by atoms with van der Waals surface area (Å²) in [7, 11) is 0. The molecule has 0 fully saturated rings. The largest absolute Gasteiger partial charge is 0.377 e. The Balaban J connectivity index is 2.12. The minimum atomic E-state index is -1.22. The summed E-state index contributed by atoms with van der Waals surface area (Å²) in [6, 6.07) is 1.26. The van der Waals surface area contributed by atoms with E-state index in [0.29, 0.717) is 11.8 Å². The van der Waals surface area contributed by atoms with Gasteiger partial charge in [-0.25, -0.2) is 13.2 Å². The molecule has 0 spiro atoms. The average molecular weight is 239 g/mol. The second-order valence-corrected chi connectivity index (χ2v) is 3.30. The summed E-state index contributed by atoms with van der Waals surface area (Å²) < 4.78 is 38.8. The maximum Gasteiger partial charge on any atom is 0.161 e. The van der Waals surface area contributed by atoms with E-state index in [1.807, 2.05) is 0 Å². The molecular weight excluding hydrogens is 231 g/mol. The monoisotopic (exact) mass is 239 g/mol. The molecule has 0 amide bonds. The molecule has 0 atom stereocenters. The first-order chi connectivity index (χ1) is 8.16. The van der Waals surface area contributed by atoms with Crippen molar-refractivity contribution in [3.8, 4) is 0 Å². The van der Waals surface area contributed by atoms with Crippen LogP contribution in [0.15, 0.2) is 30.7 Å². The lowest BCUT2D eigenvalue weighted by atomic mass is 10.2. The molecule has 3 nitrogen and oxygen atoms in total. The maximum absolute atomic E-state index is 13.2. The number of benzene rings is 1. The van der Waals surface area contributed by atoms with Crippen LogP contribution in [0.5, 0.6) is 0 Å². The van der Waals surface area contributed by atoms with E-state index in [4.69, 9.17) is 0 Å². The molecule has 1 heterocycles. The van der Waals surface area contributed by atoms with Gasteiger partial charge in [0, 0.05) is 24.5 Å². The summed E-state index contributed by atoms with van der Waals surface area (Å²) >= 11 is 0. The number of aromatic nitrogens is 2. The molecule has 88 valence electrons. The smallest absolute Gasteiger partial charge is 0.161 e. The van der Waals surface area contributed by atoms with E-state index in [2.05, 4.69) is 15.3 Å². The van der Waals surface area contributed by atoms with Crippen molar-refractivity contribution >= 4 is 5.69 Å². The van der Waals surface area contributed by atoms with Crippen molar-refractivity contribution in [2.75, 3.05) is 5.32 Å². The highest BCUT2D eigenvalue weighted by atomic mass is 19.2. The molecule has 0 bridgehead atoms. The lowest BCUT2D eigenvalue weighted by Crippen LogP contribution is -2.04. The number of nitrogens with zero attached hydrogens (tertiary/aromatic N) is 2. The van der Waals surface area contributed by atoms with E-state index >= 15 is 0 Å². The van der Waals surface area contributed by atoms with Gasteiger partial charge in [0.1, 0.15) is 5.82 Å². The van der Waals surface area contributed by atoms with Crippen LogP contribution in [0.1, 0.15) is 5.69 Å². The average Bonchev–Trinajstić information content (AvgIpc) is 2.33. The molecule has 0 aliphatic carbocycles. The Morgan fingerprint density at radius 2 is 1.76 bits per heavy atom. The minimum Gasteiger partial charge on any atom is -0.377 e. The molecule has 1 aromatic carbocycles. The number of hydrogen-bond acceptors (Lipinski definition) is 3. The SMILES string of the molecule is Fc1cc(F)c(NCc2cnccn2)cc1F. The fourth-order valence-corrected chi connectivity index (χ4v) is 1.27. The van der Waals surface area contributed by atoms with Gasteiger partial charge >= 0.3 is 0 Å². The van der Waals surface area contributed by atoms with Crippen LogP contribution in [-0.2, 0) is 6.54 Å². The van der Waals surface area contributed by atoms with Gasteiger partial charge in [0.25, 0.3) is 0 Å². The van der Waals surface area contributed by atoms with Crippen molar-refractivity contribution in [2.45, 2.75) is 6.54 Å². The fraction of sp³-hybridized carbons (Fsp3) is 0.0909. The Morgan fingerprint density at radius 1 is 1.00 bits per heavy atom. The number of nitrogens with one attached hydrogen (secondary N) is 1. The van der Waals surface area contributed by atoms with Crippen molar-refractivity contribution in [1.82, 2.24) is 9.97 Å². The second-order valence-electron chi connectivity index (χ2n) is 3.30. The van der Waals surface area contributed by atoms with Crippen molar-refractivity contribution in [2.24, 2.45) is 0 Å². The van der Waals surface area contributed by atoms with E-state index in [-0.39, 0.29) is 12.2 Å². The van der Waals surface area contributed by atoms with Crippen LogP contribution in [0, 0.1) is 17.5 Å². The van der Waals surface area contributed by atoms with Gasteiger partial charge in [-0.15, -0.1) is 0 Å². The molecular formula is C11H8F3N3. The zero-order valence-corrected chi connectivity index (χ0v) is 8.62. The van der Waals surface area contributed by atoms with Crippen molar-refractivity contribution in [3.63, 3.8) is 0 Å². The molecule has 0 saturated heterocycles. The van der Waals surface area contributed by atoms with E-state index in [1.54, 1.807) is 0 Å². The summed E-state index contributed by atoms with van der Waals surface area (Å²) in [5.74, 6) is -3.17. The lowest BCUT2D eigenvalue weighted by molar-refractivity contribution is 0.496. The Morgan fingerprint density at radius 3 is 2.47 bits per heavy atom. The highest BCUT2D eigenvalue weighted by Gasteiger charge is 2.09. The van der Waals surface area contributed by atoms with Crippen LogP contribution in [0.3, 0.4) is 0 Å². The minimum absolute atomic E-state index is 0.116. The maximum atomic E-state index is 13.2. The Labute approximate surface area is 95.3 Å². The van der Waals surface area contributed by atoms with Crippen molar-refractivity contribution in [1.29, 1.82) is 0 Å². The number of hydrogen-bond donors (Lipinski definition) is 1. The summed E-state index contributed by atoms with van der Waals surface area (Å²) in [5.41, 5.74) is 0.450. The predicted octanol–water partition coefficient (Wildman–Crippen LogP) is 2.51. The Bertz CT molecular complexity index is 517. The fourth-order valence-electron chi connectivity index (χ4n) is 1.27. The highest BCUT2D eigenvalue weighted by molar-refractivity contribution is 5.45. The zero-order chi connectivity index (χ0) is 12.3. The molecule has 2 aromatic rings. The second kappa shape index (κ2) is 4.82.